The fraction of sp³-hybridized carbons (Fsp3) is 0.364. The summed E-state index contributed by atoms with van der Waals surface area (Å²) >= 11 is 0. The molecular weight excluding hydrogens is 310 g/mol. The van der Waals surface area contributed by atoms with Crippen molar-refractivity contribution in [2.45, 2.75) is 32.0 Å². The Balaban J connectivity index is 1.64. The molecule has 0 amide bonds. The van der Waals surface area contributed by atoms with E-state index in [0.29, 0.717) is 12.7 Å². The lowest BCUT2D eigenvalue weighted by Crippen LogP contribution is -2.31. The Bertz CT molecular complexity index is 669. The van der Waals surface area contributed by atoms with E-state index in [2.05, 4.69) is 53.3 Å². The average Bonchev–Trinajstić information content (AvgIpc) is 3.15. The first kappa shape index (κ1) is 17.5. The summed E-state index contributed by atoms with van der Waals surface area (Å²) in [5.41, 5.74) is 2.59. The first-order chi connectivity index (χ1) is 12.3. The number of terminal acetylenes is 1. The minimum Gasteiger partial charge on any atom is -0.481 e. The number of benzene rings is 2. The van der Waals surface area contributed by atoms with Gasteiger partial charge >= 0.3 is 0 Å². The van der Waals surface area contributed by atoms with Crippen molar-refractivity contribution < 1.29 is 9.47 Å². The summed E-state index contributed by atoms with van der Waals surface area (Å²) in [4.78, 5) is 2.46. The molecule has 0 spiro atoms. The molecular formula is C22H25NO2. The summed E-state index contributed by atoms with van der Waals surface area (Å²) in [6.07, 6.45) is 7.91. The zero-order valence-electron chi connectivity index (χ0n) is 14.6. The molecule has 1 atom stereocenters. The Morgan fingerprint density at radius 1 is 1.04 bits per heavy atom. The fourth-order valence-corrected chi connectivity index (χ4v) is 3.18. The normalized spacial score (nSPS) is 16.7. The molecule has 1 saturated heterocycles. The molecule has 130 valence electrons. The van der Waals surface area contributed by atoms with Crippen LogP contribution in [0.3, 0.4) is 0 Å². The summed E-state index contributed by atoms with van der Waals surface area (Å²) in [5, 5.41) is 0. The zero-order chi connectivity index (χ0) is 17.3. The van der Waals surface area contributed by atoms with Gasteiger partial charge in [-0.2, -0.15) is 0 Å². The molecule has 0 aromatic heterocycles. The molecule has 3 heteroatoms. The van der Waals surface area contributed by atoms with Gasteiger partial charge in [0.1, 0.15) is 12.4 Å². The third kappa shape index (κ3) is 5.63. The fourth-order valence-electron chi connectivity index (χ4n) is 3.18. The molecule has 1 fully saturated rings. The highest BCUT2D eigenvalue weighted by molar-refractivity contribution is 5.27. The predicted molar refractivity (Wildman–Crippen MR) is 100 cm³/mol. The van der Waals surface area contributed by atoms with E-state index >= 15 is 0 Å². The van der Waals surface area contributed by atoms with Crippen LogP contribution in [0, 0.1) is 12.3 Å². The highest BCUT2D eigenvalue weighted by atomic mass is 16.5. The van der Waals surface area contributed by atoms with Gasteiger partial charge in [-0.15, -0.1) is 6.42 Å². The van der Waals surface area contributed by atoms with Gasteiger partial charge in [-0.3, -0.25) is 4.90 Å². The molecule has 2 aromatic rings. The van der Waals surface area contributed by atoms with E-state index in [1.807, 2.05) is 12.1 Å². The van der Waals surface area contributed by atoms with Crippen LogP contribution in [-0.2, 0) is 17.8 Å². The largest absolute Gasteiger partial charge is 0.481 e. The highest BCUT2D eigenvalue weighted by Gasteiger charge is 2.19. The minimum absolute atomic E-state index is 0.304. The van der Waals surface area contributed by atoms with Gasteiger partial charge in [0, 0.05) is 26.2 Å². The van der Waals surface area contributed by atoms with Gasteiger partial charge in [0.2, 0.25) is 0 Å². The highest BCUT2D eigenvalue weighted by Crippen LogP contribution is 2.19. The van der Waals surface area contributed by atoms with Crippen molar-refractivity contribution in [3.05, 3.63) is 65.7 Å². The topological polar surface area (TPSA) is 21.7 Å². The zero-order valence-corrected chi connectivity index (χ0v) is 14.6. The molecule has 0 N–H and O–H groups in total. The van der Waals surface area contributed by atoms with Gasteiger partial charge in [-0.1, -0.05) is 48.4 Å². The number of rotatable bonds is 8. The van der Waals surface area contributed by atoms with Gasteiger partial charge in [0.25, 0.3) is 0 Å². The Morgan fingerprint density at radius 3 is 2.40 bits per heavy atom. The van der Waals surface area contributed by atoms with Crippen molar-refractivity contribution in [3.8, 4) is 18.1 Å². The Hall–Kier alpha value is -2.28. The summed E-state index contributed by atoms with van der Waals surface area (Å²) in [6, 6.07) is 18.8. The van der Waals surface area contributed by atoms with Crippen molar-refractivity contribution in [1.82, 2.24) is 4.90 Å². The molecule has 1 aliphatic heterocycles. The summed E-state index contributed by atoms with van der Waals surface area (Å²) in [5.74, 6) is 3.30. The smallest absolute Gasteiger partial charge is 0.148 e. The second-order valence-corrected chi connectivity index (χ2v) is 6.43. The van der Waals surface area contributed by atoms with Crippen LogP contribution in [0.2, 0.25) is 0 Å². The number of ether oxygens (including phenoxy) is 2. The van der Waals surface area contributed by atoms with Crippen LogP contribution >= 0.6 is 0 Å². The lowest BCUT2D eigenvalue weighted by molar-refractivity contribution is 0.0679. The summed E-state index contributed by atoms with van der Waals surface area (Å²) in [7, 11) is 0. The second kappa shape index (κ2) is 9.27. The first-order valence-electron chi connectivity index (χ1n) is 8.86. The Kier molecular flexibility index (Phi) is 6.50. The van der Waals surface area contributed by atoms with E-state index in [9.17, 15) is 0 Å². The van der Waals surface area contributed by atoms with Gasteiger partial charge in [0.05, 0.1) is 6.10 Å². The lowest BCUT2D eigenvalue weighted by Gasteiger charge is -2.25. The van der Waals surface area contributed by atoms with E-state index in [1.165, 1.54) is 17.5 Å². The van der Waals surface area contributed by atoms with Crippen molar-refractivity contribution in [1.29, 1.82) is 0 Å². The Morgan fingerprint density at radius 2 is 1.76 bits per heavy atom. The molecule has 1 aliphatic rings. The lowest BCUT2D eigenvalue weighted by atomic mass is 10.1. The predicted octanol–water partition coefficient (Wildman–Crippen LogP) is 3.88. The van der Waals surface area contributed by atoms with Gasteiger partial charge in [0.15, 0.2) is 0 Å². The minimum atomic E-state index is 0.304. The first-order valence-corrected chi connectivity index (χ1v) is 8.86. The van der Waals surface area contributed by atoms with Crippen LogP contribution in [0.25, 0.3) is 0 Å². The van der Waals surface area contributed by atoms with Crippen LogP contribution in [0.1, 0.15) is 24.0 Å². The van der Waals surface area contributed by atoms with Gasteiger partial charge in [-0.25, -0.2) is 0 Å². The van der Waals surface area contributed by atoms with Gasteiger partial charge in [-0.05, 0) is 36.1 Å². The third-order valence-electron chi connectivity index (χ3n) is 4.39. The summed E-state index contributed by atoms with van der Waals surface area (Å²) in [6.45, 7) is 3.98. The maximum Gasteiger partial charge on any atom is 0.148 e. The molecule has 0 unspecified atom stereocenters. The third-order valence-corrected chi connectivity index (χ3v) is 4.39. The monoisotopic (exact) mass is 335 g/mol. The summed E-state index contributed by atoms with van der Waals surface area (Å²) < 4.78 is 11.3. The van der Waals surface area contributed by atoms with Crippen LogP contribution in [0.5, 0.6) is 5.75 Å². The molecule has 0 radical (unpaired) electrons. The number of hydrogen-bond donors (Lipinski definition) is 0. The number of nitrogens with zero attached hydrogens (tertiary/aromatic N) is 1. The maximum absolute atomic E-state index is 5.84. The number of hydrogen-bond acceptors (Lipinski definition) is 3. The molecule has 2 aromatic carbocycles. The van der Waals surface area contributed by atoms with Crippen molar-refractivity contribution in [2.24, 2.45) is 0 Å². The standard InChI is InChI=1S/C22H25NO2/c1-2-14-24-21-12-10-20(11-13-21)17-23(18-22-9-6-15-25-22)16-19-7-4-3-5-8-19/h1,3-5,7-8,10-13,22H,6,9,14-18H2/t22-/m0/s1. The molecule has 3 rings (SSSR count). The second-order valence-electron chi connectivity index (χ2n) is 6.43. The molecule has 3 nitrogen and oxygen atoms in total. The maximum atomic E-state index is 5.84. The molecule has 1 heterocycles. The van der Waals surface area contributed by atoms with Crippen LogP contribution in [0.15, 0.2) is 54.6 Å². The quantitative estimate of drug-likeness (QED) is 0.683. The van der Waals surface area contributed by atoms with E-state index in [-0.39, 0.29) is 0 Å². The average molecular weight is 335 g/mol. The Labute approximate surface area is 150 Å². The molecule has 0 bridgehead atoms. The van der Waals surface area contributed by atoms with E-state index < -0.39 is 0 Å². The van der Waals surface area contributed by atoms with E-state index in [0.717, 1.165) is 38.4 Å². The van der Waals surface area contributed by atoms with E-state index in [4.69, 9.17) is 15.9 Å². The van der Waals surface area contributed by atoms with Gasteiger partial charge < -0.3 is 9.47 Å². The van der Waals surface area contributed by atoms with Crippen molar-refractivity contribution in [3.63, 3.8) is 0 Å². The van der Waals surface area contributed by atoms with Crippen LogP contribution in [-0.4, -0.2) is 30.8 Å². The van der Waals surface area contributed by atoms with Crippen molar-refractivity contribution in [2.75, 3.05) is 19.8 Å². The molecule has 0 saturated carbocycles. The van der Waals surface area contributed by atoms with Crippen LogP contribution in [0.4, 0.5) is 0 Å². The molecule has 0 aliphatic carbocycles. The SMILES string of the molecule is C#CCOc1ccc(CN(Cc2ccccc2)C[C@@H]2CCCO2)cc1. The van der Waals surface area contributed by atoms with Crippen LogP contribution < -0.4 is 4.74 Å². The van der Waals surface area contributed by atoms with Crippen molar-refractivity contribution >= 4 is 0 Å². The molecule has 25 heavy (non-hydrogen) atoms. The van der Waals surface area contributed by atoms with E-state index in [1.54, 1.807) is 0 Å².